The van der Waals surface area contributed by atoms with E-state index in [9.17, 15) is 0 Å². The molecule has 1 heterocycles. The Morgan fingerprint density at radius 2 is 2.00 bits per heavy atom. The smallest absolute Gasteiger partial charge is 0.117 e. The van der Waals surface area contributed by atoms with E-state index in [0.717, 1.165) is 5.04 Å². The molecule has 0 aromatic heterocycles. The van der Waals surface area contributed by atoms with Crippen molar-refractivity contribution in [2.45, 2.75) is 0 Å². The van der Waals surface area contributed by atoms with Crippen LogP contribution in [-0.2, 0) is 0 Å². The predicted octanol–water partition coefficient (Wildman–Crippen LogP) is 0.485. The van der Waals surface area contributed by atoms with Crippen LogP contribution in [0.1, 0.15) is 0 Å². The number of rotatable bonds is 0. The Morgan fingerprint density at radius 1 is 1.23 bits per heavy atom. The minimum absolute atomic E-state index is 1.00. The second-order valence-corrected chi connectivity index (χ2v) is 3.53. The highest BCUT2D eigenvalue weighted by Crippen LogP contribution is 1.98. The van der Waals surface area contributed by atoms with Crippen molar-refractivity contribution in [2.75, 3.05) is 6.26 Å². The minimum atomic E-state index is 1.00. The van der Waals surface area contributed by atoms with Gasteiger partial charge in [0.2, 0.25) is 0 Å². The molecule has 1 N–H and O–H groups in total. The zero-order valence-electron chi connectivity index (χ0n) is 7.32. The van der Waals surface area contributed by atoms with Crippen molar-refractivity contribution in [1.29, 1.82) is 0 Å². The molecule has 1 aliphatic rings. The number of nitrogens with one attached hydrogen (secondary N) is 1. The summed E-state index contributed by atoms with van der Waals surface area (Å²) in [7, 11) is 0. The summed E-state index contributed by atoms with van der Waals surface area (Å²) in [5.41, 5.74) is 2.92. The standard InChI is InChI=1S/C10H10N2S/c1-13-10-6-8-4-2-3-5-9(8)7-11-12-10/h2-7,11H,1H3. The maximum Gasteiger partial charge on any atom is 0.117 e. The van der Waals surface area contributed by atoms with Gasteiger partial charge >= 0.3 is 0 Å². The fourth-order valence-corrected chi connectivity index (χ4v) is 1.60. The second-order valence-electron chi connectivity index (χ2n) is 2.70. The molecule has 13 heavy (non-hydrogen) atoms. The summed E-state index contributed by atoms with van der Waals surface area (Å²) in [6, 6.07) is 8.21. The Balaban J connectivity index is 2.64. The molecule has 0 spiro atoms. The third-order valence-corrected chi connectivity index (χ3v) is 2.51. The molecule has 0 saturated heterocycles. The van der Waals surface area contributed by atoms with Crippen LogP contribution in [0, 0.1) is 0 Å². The quantitative estimate of drug-likeness (QED) is 0.643. The van der Waals surface area contributed by atoms with E-state index in [0.29, 0.717) is 0 Å². The van der Waals surface area contributed by atoms with Crippen LogP contribution in [0.5, 0.6) is 0 Å². The Hall–Kier alpha value is -1.22. The zero-order valence-corrected chi connectivity index (χ0v) is 8.14. The third kappa shape index (κ3) is 1.75. The van der Waals surface area contributed by atoms with Gasteiger partial charge in [-0.15, -0.1) is 11.8 Å². The predicted molar refractivity (Wildman–Crippen MR) is 58.7 cm³/mol. The first-order valence-electron chi connectivity index (χ1n) is 4.04. The Labute approximate surface area is 81.0 Å². The zero-order chi connectivity index (χ0) is 9.10. The van der Waals surface area contributed by atoms with Crippen LogP contribution in [0.15, 0.2) is 29.4 Å². The second kappa shape index (κ2) is 3.66. The summed E-state index contributed by atoms with van der Waals surface area (Å²) in [5, 5.41) is 7.56. The summed E-state index contributed by atoms with van der Waals surface area (Å²) < 4.78 is 0. The molecular formula is C10H10N2S. The number of benzene rings is 1. The van der Waals surface area contributed by atoms with E-state index in [-0.39, 0.29) is 0 Å². The molecule has 0 unspecified atom stereocenters. The summed E-state index contributed by atoms with van der Waals surface area (Å²) in [5.74, 6) is 0. The molecular weight excluding hydrogens is 180 g/mol. The van der Waals surface area contributed by atoms with Gasteiger partial charge in [-0.05, 0) is 22.8 Å². The van der Waals surface area contributed by atoms with Crippen LogP contribution in [0.3, 0.4) is 0 Å². The average molecular weight is 190 g/mol. The van der Waals surface area contributed by atoms with Gasteiger partial charge in [0.15, 0.2) is 0 Å². The Bertz CT molecular complexity index is 448. The van der Waals surface area contributed by atoms with Gasteiger partial charge in [-0.2, -0.15) is 5.10 Å². The number of thioether (sulfide) groups is 1. The highest BCUT2D eigenvalue weighted by atomic mass is 32.2. The highest BCUT2D eigenvalue weighted by Gasteiger charge is 1.94. The van der Waals surface area contributed by atoms with Crippen molar-refractivity contribution in [3.63, 3.8) is 0 Å². The van der Waals surface area contributed by atoms with Crippen LogP contribution < -0.4 is 15.9 Å². The van der Waals surface area contributed by atoms with Gasteiger partial charge in [0.25, 0.3) is 0 Å². The first kappa shape index (κ1) is 8.38. The molecule has 2 rings (SSSR count). The van der Waals surface area contributed by atoms with Crippen molar-refractivity contribution < 1.29 is 0 Å². The van der Waals surface area contributed by atoms with Crippen molar-refractivity contribution >= 4 is 29.1 Å². The summed E-state index contributed by atoms with van der Waals surface area (Å²) in [4.78, 5) is 0. The lowest BCUT2D eigenvalue weighted by Crippen LogP contribution is -2.24. The normalized spacial score (nSPS) is 14.1. The molecule has 1 aromatic rings. The molecule has 3 heteroatoms. The summed E-state index contributed by atoms with van der Waals surface area (Å²) in [6.07, 6.45) is 6.01. The Kier molecular flexibility index (Phi) is 2.36. The van der Waals surface area contributed by atoms with Crippen LogP contribution in [-0.4, -0.2) is 11.3 Å². The monoisotopic (exact) mass is 190 g/mol. The molecule has 0 bridgehead atoms. The van der Waals surface area contributed by atoms with Gasteiger partial charge in [0, 0.05) is 6.20 Å². The van der Waals surface area contributed by atoms with Gasteiger partial charge in [0.1, 0.15) is 5.04 Å². The number of hydrogen-bond donors (Lipinski definition) is 1. The first-order chi connectivity index (χ1) is 6.40. The molecule has 66 valence electrons. The molecule has 0 fully saturated rings. The van der Waals surface area contributed by atoms with Gasteiger partial charge in [-0.1, -0.05) is 24.3 Å². The lowest BCUT2D eigenvalue weighted by Gasteiger charge is -1.91. The molecule has 2 nitrogen and oxygen atoms in total. The summed E-state index contributed by atoms with van der Waals surface area (Å²) >= 11 is 1.63. The largest absolute Gasteiger partial charge is 0.284 e. The molecule has 0 amide bonds. The average Bonchev–Trinajstić information content (AvgIpc) is 2.38. The van der Waals surface area contributed by atoms with E-state index in [1.54, 1.807) is 11.8 Å². The molecule has 1 aliphatic heterocycles. The van der Waals surface area contributed by atoms with Crippen LogP contribution in [0.2, 0.25) is 0 Å². The van der Waals surface area contributed by atoms with E-state index in [4.69, 9.17) is 0 Å². The van der Waals surface area contributed by atoms with Crippen LogP contribution in [0.25, 0.3) is 12.3 Å². The molecule has 0 radical (unpaired) electrons. The van der Waals surface area contributed by atoms with E-state index in [2.05, 4.69) is 28.7 Å². The van der Waals surface area contributed by atoms with Crippen molar-refractivity contribution in [3.05, 3.63) is 34.7 Å². The van der Waals surface area contributed by atoms with Crippen molar-refractivity contribution in [3.8, 4) is 0 Å². The highest BCUT2D eigenvalue weighted by molar-refractivity contribution is 8.14. The van der Waals surface area contributed by atoms with Crippen LogP contribution in [0.4, 0.5) is 0 Å². The molecule has 0 saturated carbocycles. The lowest BCUT2D eigenvalue weighted by molar-refractivity contribution is 1.03. The number of nitrogens with zero attached hydrogens (tertiary/aromatic N) is 1. The van der Waals surface area contributed by atoms with E-state index in [1.807, 2.05) is 24.6 Å². The fourth-order valence-electron chi connectivity index (χ4n) is 1.21. The van der Waals surface area contributed by atoms with E-state index in [1.165, 1.54) is 10.4 Å². The van der Waals surface area contributed by atoms with E-state index >= 15 is 0 Å². The Morgan fingerprint density at radius 3 is 2.77 bits per heavy atom. The first-order valence-corrected chi connectivity index (χ1v) is 5.27. The van der Waals surface area contributed by atoms with Gasteiger partial charge in [-0.25, -0.2) is 0 Å². The van der Waals surface area contributed by atoms with Crippen LogP contribution >= 0.6 is 11.8 Å². The SMILES string of the molecule is CSC1=NNC=c2ccccc2=C1. The number of fused-ring (bicyclic) bond motifs is 1. The maximum absolute atomic E-state index is 4.17. The maximum atomic E-state index is 4.17. The van der Waals surface area contributed by atoms with Crippen molar-refractivity contribution in [2.24, 2.45) is 5.10 Å². The lowest BCUT2D eigenvalue weighted by atomic mass is 10.2. The van der Waals surface area contributed by atoms with Crippen molar-refractivity contribution in [1.82, 2.24) is 5.43 Å². The molecule has 0 atom stereocenters. The number of hydrazone groups is 1. The van der Waals surface area contributed by atoms with E-state index < -0.39 is 0 Å². The third-order valence-electron chi connectivity index (χ3n) is 1.88. The minimum Gasteiger partial charge on any atom is -0.284 e. The van der Waals surface area contributed by atoms with Gasteiger partial charge in [0.05, 0.1) is 0 Å². The topological polar surface area (TPSA) is 24.4 Å². The van der Waals surface area contributed by atoms with Gasteiger partial charge < -0.3 is 0 Å². The summed E-state index contributed by atoms with van der Waals surface area (Å²) in [6.45, 7) is 0. The molecule has 0 aliphatic carbocycles. The van der Waals surface area contributed by atoms with Gasteiger partial charge in [-0.3, -0.25) is 5.43 Å². The molecule has 1 aromatic carbocycles. The fraction of sp³-hybridized carbons (Fsp3) is 0.100. The number of hydrogen-bond acceptors (Lipinski definition) is 3.